The quantitative estimate of drug-likeness (QED) is 0.782. The Balaban J connectivity index is 1.95. The van der Waals surface area contributed by atoms with Crippen molar-refractivity contribution in [3.8, 4) is 5.75 Å². The van der Waals surface area contributed by atoms with E-state index >= 15 is 0 Å². The Kier molecular flexibility index (Phi) is 2.48. The van der Waals surface area contributed by atoms with E-state index in [1.54, 1.807) is 6.07 Å². The topological polar surface area (TPSA) is 55.4 Å². The lowest BCUT2D eigenvalue weighted by Gasteiger charge is -2.38. The molecule has 6 heteroatoms. The number of nitrogens with one attached hydrogen (secondary N) is 1. The fraction of sp³-hybridized carbons (Fsp3) is 0.455. The number of para-hydroxylation sites is 1. The second-order valence-corrected chi connectivity index (χ2v) is 7.06. The van der Waals surface area contributed by atoms with Crippen molar-refractivity contribution in [2.45, 2.75) is 18.6 Å². The van der Waals surface area contributed by atoms with Crippen LogP contribution in [0.4, 0.5) is 5.69 Å². The molecule has 2 heterocycles. The molecule has 0 bridgehead atoms. The SMILES string of the molecule is O=S1(=O)CCC2Oc3c(Cl)cccc3NC2C1. The van der Waals surface area contributed by atoms with Crippen LogP contribution < -0.4 is 10.1 Å². The van der Waals surface area contributed by atoms with Gasteiger partial charge in [-0.25, -0.2) is 8.42 Å². The second kappa shape index (κ2) is 3.78. The van der Waals surface area contributed by atoms with E-state index in [0.717, 1.165) is 5.69 Å². The molecule has 1 fully saturated rings. The average molecular weight is 274 g/mol. The molecule has 0 radical (unpaired) electrons. The normalized spacial score (nSPS) is 29.5. The highest BCUT2D eigenvalue weighted by atomic mass is 35.5. The molecule has 4 nitrogen and oxygen atoms in total. The molecule has 2 atom stereocenters. The minimum atomic E-state index is -2.94. The molecule has 2 aliphatic rings. The van der Waals surface area contributed by atoms with Crippen LogP contribution >= 0.6 is 11.6 Å². The van der Waals surface area contributed by atoms with Crippen LogP contribution in [0.5, 0.6) is 5.75 Å². The zero-order chi connectivity index (χ0) is 12.0. The lowest BCUT2D eigenvalue weighted by atomic mass is 10.1. The summed E-state index contributed by atoms with van der Waals surface area (Å²) in [5.41, 5.74) is 0.774. The minimum absolute atomic E-state index is 0.106. The molecule has 2 aliphatic heterocycles. The molecule has 0 aromatic heterocycles. The fourth-order valence-corrected chi connectivity index (χ4v) is 4.15. The van der Waals surface area contributed by atoms with Gasteiger partial charge in [-0.3, -0.25) is 0 Å². The average Bonchev–Trinajstić information content (AvgIpc) is 2.26. The first-order chi connectivity index (χ1) is 8.05. The number of fused-ring (bicyclic) bond motifs is 2. The van der Waals surface area contributed by atoms with Gasteiger partial charge in [-0.1, -0.05) is 17.7 Å². The van der Waals surface area contributed by atoms with E-state index in [-0.39, 0.29) is 23.7 Å². The number of rotatable bonds is 0. The van der Waals surface area contributed by atoms with Crippen LogP contribution in [0, 0.1) is 0 Å². The van der Waals surface area contributed by atoms with Crippen LogP contribution in [0.2, 0.25) is 5.02 Å². The maximum atomic E-state index is 11.6. The third-order valence-electron chi connectivity index (χ3n) is 3.17. The van der Waals surface area contributed by atoms with Gasteiger partial charge in [0.1, 0.15) is 6.10 Å². The number of ether oxygens (including phenoxy) is 1. The Hall–Kier alpha value is -0.940. The highest BCUT2D eigenvalue weighted by molar-refractivity contribution is 7.91. The first-order valence-electron chi connectivity index (χ1n) is 5.47. The second-order valence-electron chi connectivity index (χ2n) is 4.43. The van der Waals surface area contributed by atoms with E-state index in [1.165, 1.54) is 0 Å². The van der Waals surface area contributed by atoms with E-state index in [1.807, 2.05) is 12.1 Å². The van der Waals surface area contributed by atoms with Gasteiger partial charge in [0.05, 0.1) is 28.3 Å². The summed E-state index contributed by atoms with van der Waals surface area (Å²) < 4.78 is 28.9. The predicted molar refractivity (Wildman–Crippen MR) is 66.5 cm³/mol. The third-order valence-corrected chi connectivity index (χ3v) is 5.20. The molecule has 1 aromatic carbocycles. The molecular weight excluding hydrogens is 262 g/mol. The van der Waals surface area contributed by atoms with Crippen LogP contribution in [-0.2, 0) is 9.84 Å². The van der Waals surface area contributed by atoms with Gasteiger partial charge in [0, 0.05) is 6.42 Å². The molecule has 0 spiro atoms. The van der Waals surface area contributed by atoms with Gasteiger partial charge < -0.3 is 10.1 Å². The van der Waals surface area contributed by atoms with E-state index < -0.39 is 9.84 Å². The number of sulfone groups is 1. The number of hydrogen-bond acceptors (Lipinski definition) is 4. The van der Waals surface area contributed by atoms with Crippen LogP contribution in [0.15, 0.2) is 18.2 Å². The lowest BCUT2D eigenvalue weighted by molar-refractivity contribution is 0.167. The summed E-state index contributed by atoms with van der Waals surface area (Å²) in [5, 5.41) is 3.76. The molecule has 92 valence electrons. The molecule has 1 aromatic rings. The molecule has 3 rings (SSSR count). The largest absolute Gasteiger partial charge is 0.484 e. The van der Waals surface area contributed by atoms with Crippen LogP contribution in [-0.4, -0.2) is 32.1 Å². The van der Waals surface area contributed by atoms with Crippen molar-refractivity contribution in [2.75, 3.05) is 16.8 Å². The maximum Gasteiger partial charge on any atom is 0.161 e. The van der Waals surface area contributed by atoms with Crippen molar-refractivity contribution in [1.82, 2.24) is 0 Å². The first-order valence-corrected chi connectivity index (χ1v) is 7.67. The summed E-state index contributed by atoms with van der Waals surface area (Å²) >= 11 is 6.05. The van der Waals surface area contributed by atoms with E-state index in [0.29, 0.717) is 17.2 Å². The molecule has 1 saturated heterocycles. The Morgan fingerprint density at radius 2 is 2.24 bits per heavy atom. The van der Waals surface area contributed by atoms with E-state index in [4.69, 9.17) is 16.3 Å². The van der Waals surface area contributed by atoms with Gasteiger partial charge >= 0.3 is 0 Å². The standard InChI is InChI=1S/C11H12ClNO3S/c12-7-2-1-3-8-11(7)16-10-4-5-17(14,15)6-9(10)13-8/h1-3,9-10,13H,4-6H2. The van der Waals surface area contributed by atoms with Crippen molar-refractivity contribution < 1.29 is 13.2 Å². The molecule has 1 N–H and O–H groups in total. The summed E-state index contributed by atoms with van der Waals surface area (Å²) in [7, 11) is -2.94. The van der Waals surface area contributed by atoms with E-state index in [9.17, 15) is 8.42 Å². The summed E-state index contributed by atoms with van der Waals surface area (Å²) in [6.07, 6.45) is 0.413. The highest BCUT2D eigenvalue weighted by Gasteiger charge is 2.38. The zero-order valence-electron chi connectivity index (χ0n) is 9.02. The molecule has 0 amide bonds. The van der Waals surface area contributed by atoms with Gasteiger partial charge in [-0.2, -0.15) is 0 Å². The fourth-order valence-electron chi connectivity index (χ4n) is 2.33. The number of benzene rings is 1. The van der Waals surface area contributed by atoms with Crippen LogP contribution in [0.1, 0.15) is 6.42 Å². The number of anilines is 1. The smallest absolute Gasteiger partial charge is 0.161 e. The molecule has 0 aliphatic carbocycles. The van der Waals surface area contributed by atoms with Crippen molar-refractivity contribution in [1.29, 1.82) is 0 Å². The summed E-state index contributed by atoms with van der Waals surface area (Å²) in [6, 6.07) is 5.26. The summed E-state index contributed by atoms with van der Waals surface area (Å²) in [4.78, 5) is 0. The Bertz CT molecular complexity index is 558. The molecular formula is C11H12ClNO3S. The molecule has 0 saturated carbocycles. The molecule has 2 unspecified atom stereocenters. The number of halogens is 1. The Labute approximate surface area is 105 Å². The predicted octanol–water partition coefficient (Wildman–Crippen LogP) is 1.70. The van der Waals surface area contributed by atoms with Gasteiger partial charge in [0.15, 0.2) is 15.6 Å². The van der Waals surface area contributed by atoms with Gasteiger partial charge in [0.2, 0.25) is 0 Å². The highest BCUT2D eigenvalue weighted by Crippen LogP contribution is 2.39. The lowest BCUT2D eigenvalue weighted by Crippen LogP contribution is -2.50. The minimum Gasteiger partial charge on any atom is -0.484 e. The maximum absolute atomic E-state index is 11.6. The molecule has 17 heavy (non-hydrogen) atoms. The van der Waals surface area contributed by atoms with Crippen molar-refractivity contribution in [3.63, 3.8) is 0 Å². The summed E-state index contributed by atoms with van der Waals surface area (Å²) in [6.45, 7) is 0. The monoisotopic (exact) mass is 273 g/mol. The zero-order valence-corrected chi connectivity index (χ0v) is 10.6. The van der Waals surface area contributed by atoms with Crippen LogP contribution in [0.25, 0.3) is 0 Å². The Morgan fingerprint density at radius 3 is 3.06 bits per heavy atom. The number of hydrogen-bond donors (Lipinski definition) is 1. The summed E-state index contributed by atoms with van der Waals surface area (Å²) in [5.74, 6) is 0.953. The van der Waals surface area contributed by atoms with Gasteiger partial charge in [-0.05, 0) is 12.1 Å². The van der Waals surface area contributed by atoms with Gasteiger partial charge in [-0.15, -0.1) is 0 Å². The van der Waals surface area contributed by atoms with Crippen LogP contribution in [0.3, 0.4) is 0 Å². The van der Waals surface area contributed by atoms with E-state index in [2.05, 4.69) is 5.32 Å². The van der Waals surface area contributed by atoms with Crippen molar-refractivity contribution in [3.05, 3.63) is 23.2 Å². The van der Waals surface area contributed by atoms with Crippen molar-refractivity contribution >= 4 is 27.1 Å². The Morgan fingerprint density at radius 1 is 1.41 bits per heavy atom. The van der Waals surface area contributed by atoms with Gasteiger partial charge in [0.25, 0.3) is 0 Å². The first kappa shape index (κ1) is 11.2. The van der Waals surface area contributed by atoms with Crippen molar-refractivity contribution in [2.24, 2.45) is 0 Å². The third kappa shape index (κ3) is 1.98.